The summed E-state index contributed by atoms with van der Waals surface area (Å²) in [5.41, 5.74) is 9.07. The summed E-state index contributed by atoms with van der Waals surface area (Å²) in [6, 6.07) is 4.00. The van der Waals surface area contributed by atoms with E-state index < -0.39 is 0 Å². The molecular weight excluding hydrogens is 240 g/mol. The highest BCUT2D eigenvalue weighted by Gasteiger charge is 2.14. The van der Waals surface area contributed by atoms with Gasteiger partial charge < -0.3 is 10.8 Å². The Balaban J connectivity index is 2.30. The van der Waals surface area contributed by atoms with E-state index in [1.165, 1.54) is 0 Å². The predicted octanol–water partition coefficient (Wildman–Crippen LogP) is 0.546. The molecule has 0 radical (unpaired) electrons. The SMILES string of the molecule is Cc1ncc(C[n+]2cccc(CCO)c2C)c(N)n1. The maximum Gasteiger partial charge on any atom is 0.181 e. The van der Waals surface area contributed by atoms with E-state index in [0.717, 1.165) is 16.8 Å². The Hall–Kier alpha value is -2.01. The molecule has 0 unspecified atom stereocenters. The molecule has 0 aliphatic rings. The van der Waals surface area contributed by atoms with Crippen LogP contribution in [0, 0.1) is 13.8 Å². The second-order valence-electron chi connectivity index (χ2n) is 4.55. The summed E-state index contributed by atoms with van der Waals surface area (Å²) in [6.45, 7) is 4.65. The van der Waals surface area contributed by atoms with Gasteiger partial charge in [0.05, 0.1) is 5.56 Å². The van der Waals surface area contributed by atoms with Gasteiger partial charge in [0.1, 0.15) is 11.6 Å². The largest absolute Gasteiger partial charge is 0.396 e. The Kier molecular flexibility index (Phi) is 4.06. The molecule has 0 fully saturated rings. The maximum absolute atomic E-state index is 9.05. The third-order valence-corrected chi connectivity index (χ3v) is 3.20. The zero-order valence-corrected chi connectivity index (χ0v) is 11.3. The summed E-state index contributed by atoms with van der Waals surface area (Å²) in [7, 11) is 0. The molecule has 0 aliphatic heterocycles. The number of hydrogen-bond donors (Lipinski definition) is 2. The van der Waals surface area contributed by atoms with Crippen molar-refractivity contribution in [3.05, 3.63) is 47.2 Å². The second-order valence-corrected chi connectivity index (χ2v) is 4.55. The molecule has 0 saturated carbocycles. The van der Waals surface area contributed by atoms with Crippen LogP contribution in [-0.2, 0) is 13.0 Å². The van der Waals surface area contributed by atoms with Crippen molar-refractivity contribution < 1.29 is 9.67 Å². The zero-order chi connectivity index (χ0) is 13.8. The van der Waals surface area contributed by atoms with E-state index >= 15 is 0 Å². The Morgan fingerprint density at radius 3 is 2.79 bits per heavy atom. The Morgan fingerprint density at radius 2 is 2.11 bits per heavy atom. The molecular formula is C14H19N4O+. The van der Waals surface area contributed by atoms with Crippen molar-refractivity contribution in [2.24, 2.45) is 0 Å². The van der Waals surface area contributed by atoms with Gasteiger partial charge in [0.25, 0.3) is 0 Å². The monoisotopic (exact) mass is 259 g/mol. The number of nitrogen functional groups attached to an aromatic ring is 1. The molecule has 5 heteroatoms. The Bertz CT molecular complexity index is 584. The summed E-state index contributed by atoms with van der Waals surface area (Å²) in [4.78, 5) is 8.35. The lowest BCUT2D eigenvalue weighted by Crippen LogP contribution is -2.38. The summed E-state index contributed by atoms with van der Waals surface area (Å²) in [5.74, 6) is 1.20. The van der Waals surface area contributed by atoms with Gasteiger partial charge in [-0.2, -0.15) is 4.57 Å². The minimum absolute atomic E-state index is 0.153. The van der Waals surface area contributed by atoms with Gasteiger partial charge in [-0.1, -0.05) is 0 Å². The van der Waals surface area contributed by atoms with Crippen molar-refractivity contribution in [3.8, 4) is 0 Å². The first-order valence-electron chi connectivity index (χ1n) is 6.28. The van der Waals surface area contributed by atoms with Crippen LogP contribution in [0.15, 0.2) is 24.5 Å². The number of aryl methyl sites for hydroxylation is 1. The molecule has 0 bridgehead atoms. The quantitative estimate of drug-likeness (QED) is 0.786. The average Bonchev–Trinajstić information content (AvgIpc) is 2.37. The summed E-state index contributed by atoms with van der Waals surface area (Å²) in [5, 5.41) is 9.05. The van der Waals surface area contributed by atoms with E-state index in [1.807, 2.05) is 32.2 Å². The zero-order valence-electron chi connectivity index (χ0n) is 11.3. The molecule has 0 saturated heterocycles. The van der Waals surface area contributed by atoms with Gasteiger partial charge in [-0.25, -0.2) is 9.97 Å². The normalized spacial score (nSPS) is 10.7. The predicted molar refractivity (Wildman–Crippen MR) is 72.4 cm³/mol. The lowest BCUT2D eigenvalue weighted by Gasteiger charge is -2.06. The van der Waals surface area contributed by atoms with Crippen LogP contribution in [0.25, 0.3) is 0 Å². The summed E-state index contributed by atoms with van der Waals surface area (Å²) in [6.07, 6.45) is 4.42. The molecule has 5 nitrogen and oxygen atoms in total. The number of anilines is 1. The summed E-state index contributed by atoms with van der Waals surface area (Å²) >= 11 is 0. The molecule has 0 amide bonds. The van der Waals surface area contributed by atoms with Crippen LogP contribution in [-0.4, -0.2) is 21.7 Å². The van der Waals surface area contributed by atoms with Crippen LogP contribution in [0.2, 0.25) is 0 Å². The van der Waals surface area contributed by atoms with Crippen LogP contribution in [0.1, 0.15) is 22.6 Å². The number of rotatable bonds is 4. The maximum atomic E-state index is 9.05. The lowest BCUT2D eigenvalue weighted by molar-refractivity contribution is -0.694. The third kappa shape index (κ3) is 3.06. The molecule has 2 rings (SSSR count). The van der Waals surface area contributed by atoms with Crippen molar-refractivity contribution in [2.45, 2.75) is 26.8 Å². The van der Waals surface area contributed by atoms with Gasteiger partial charge in [0.2, 0.25) is 0 Å². The first kappa shape index (κ1) is 13.4. The third-order valence-electron chi connectivity index (χ3n) is 3.20. The van der Waals surface area contributed by atoms with E-state index in [2.05, 4.69) is 14.5 Å². The topological polar surface area (TPSA) is 75.9 Å². The standard InChI is InChI=1S/C14H19N4O/c1-10-12(5-7-19)4-3-6-18(10)9-13-8-16-11(2)17-14(13)15/h3-4,6,8,19H,5,7,9H2,1-2H3,(H2,15,16,17)/q+1. The van der Waals surface area contributed by atoms with Crippen molar-refractivity contribution in [1.29, 1.82) is 0 Å². The van der Waals surface area contributed by atoms with Gasteiger partial charge in [-0.05, 0) is 13.0 Å². The smallest absolute Gasteiger partial charge is 0.181 e. The van der Waals surface area contributed by atoms with Crippen LogP contribution in [0.5, 0.6) is 0 Å². The fourth-order valence-electron chi connectivity index (χ4n) is 2.05. The van der Waals surface area contributed by atoms with E-state index in [-0.39, 0.29) is 6.61 Å². The van der Waals surface area contributed by atoms with Gasteiger partial charge in [0.15, 0.2) is 18.4 Å². The molecule has 2 aromatic rings. The second kappa shape index (κ2) is 5.75. The van der Waals surface area contributed by atoms with Crippen LogP contribution in [0.3, 0.4) is 0 Å². The van der Waals surface area contributed by atoms with Crippen molar-refractivity contribution in [2.75, 3.05) is 12.3 Å². The molecule has 0 aromatic carbocycles. The number of pyridine rings is 1. The Morgan fingerprint density at radius 1 is 1.32 bits per heavy atom. The molecule has 0 spiro atoms. The highest BCUT2D eigenvalue weighted by atomic mass is 16.2. The van der Waals surface area contributed by atoms with E-state index in [9.17, 15) is 0 Å². The van der Waals surface area contributed by atoms with Gasteiger partial charge in [0, 0.05) is 37.8 Å². The van der Waals surface area contributed by atoms with Gasteiger partial charge >= 0.3 is 0 Å². The number of nitrogens with two attached hydrogens (primary N) is 1. The highest BCUT2D eigenvalue weighted by molar-refractivity contribution is 5.36. The molecule has 0 atom stereocenters. The molecule has 2 heterocycles. The van der Waals surface area contributed by atoms with Gasteiger partial charge in [-0.3, -0.25) is 0 Å². The fourth-order valence-corrected chi connectivity index (χ4v) is 2.05. The lowest BCUT2D eigenvalue weighted by atomic mass is 10.1. The van der Waals surface area contributed by atoms with Crippen molar-refractivity contribution >= 4 is 5.82 Å². The van der Waals surface area contributed by atoms with Crippen LogP contribution in [0.4, 0.5) is 5.82 Å². The minimum atomic E-state index is 0.153. The van der Waals surface area contributed by atoms with Gasteiger partial charge in [-0.15, -0.1) is 0 Å². The molecule has 0 aliphatic carbocycles. The average molecular weight is 259 g/mol. The van der Waals surface area contributed by atoms with E-state index in [1.54, 1.807) is 6.20 Å². The number of aliphatic hydroxyl groups excluding tert-OH is 1. The minimum Gasteiger partial charge on any atom is -0.396 e. The number of aromatic nitrogens is 3. The first-order chi connectivity index (χ1) is 9.11. The van der Waals surface area contributed by atoms with Crippen LogP contribution >= 0.6 is 0 Å². The number of hydrogen-bond acceptors (Lipinski definition) is 4. The molecule has 100 valence electrons. The summed E-state index contributed by atoms with van der Waals surface area (Å²) < 4.78 is 2.09. The number of nitrogens with zero attached hydrogens (tertiary/aromatic N) is 3. The highest BCUT2D eigenvalue weighted by Crippen LogP contribution is 2.08. The fraction of sp³-hybridized carbons (Fsp3) is 0.357. The van der Waals surface area contributed by atoms with E-state index in [0.29, 0.717) is 24.6 Å². The molecule has 19 heavy (non-hydrogen) atoms. The Labute approximate surface area is 112 Å². The number of aliphatic hydroxyl groups is 1. The van der Waals surface area contributed by atoms with Crippen molar-refractivity contribution in [3.63, 3.8) is 0 Å². The van der Waals surface area contributed by atoms with Crippen molar-refractivity contribution in [1.82, 2.24) is 9.97 Å². The van der Waals surface area contributed by atoms with Crippen LogP contribution < -0.4 is 10.3 Å². The first-order valence-corrected chi connectivity index (χ1v) is 6.28. The molecule has 3 N–H and O–H groups in total. The molecule has 2 aromatic heterocycles. The van der Waals surface area contributed by atoms with E-state index in [4.69, 9.17) is 10.8 Å².